The predicted molar refractivity (Wildman–Crippen MR) is 81.2 cm³/mol. The van der Waals surface area contributed by atoms with Gasteiger partial charge < -0.3 is 5.32 Å². The van der Waals surface area contributed by atoms with Crippen LogP contribution in [0.2, 0.25) is 5.15 Å². The van der Waals surface area contributed by atoms with Gasteiger partial charge in [-0.15, -0.1) is 0 Å². The summed E-state index contributed by atoms with van der Waals surface area (Å²) in [5.41, 5.74) is -0.509. The Hall–Kier alpha value is -0.990. The van der Waals surface area contributed by atoms with Crippen molar-refractivity contribution >= 4 is 50.8 Å². The van der Waals surface area contributed by atoms with E-state index in [0.29, 0.717) is 11.0 Å². The largest absolute Gasteiger partial charge is 0.417 e. The molecule has 9 heteroatoms. The van der Waals surface area contributed by atoms with Gasteiger partial charge in [0.2, 0.25) is 0 Å². The van der Waals surface area contributed by atoms with Crippen LogP contribution in [0.1, 0.15) is 5.56 Å². The maximum Gasteiger partial charge on any atom is 0.417 e. The summed E-state index contributed by atoms with van der Waals surface area (Å²) in [7, 11) is 0. The van der Waals surface area contributed by atoms with Crippen LogP contribution in [0.25, 0.3) is 0 Å². The van der Waals surface area contributed by atoms with Crippen molar-refractivity contribution in [3.8, 4) is 0 Å². The van der Waals surface area contributed by atoms with Gasteiger partial charge in [0.15, 0.2) is 5.16 Å². The van der Waals surface area contributed by atoms with E-state index in [1.54, 1.807) is 6.26 Å². The highest BCUT2D eigenvalue weighted by Crippen LogP contribution is 2.36. The Kier molecular flexibility index (Phi) is 5.00. The smallest absolute Gasteiger partial charge is 0.340 e. The number of aromatic nitrogens is 2. The van der Waals surface area contributed by atoms with Crippen LogP contribution in [0.15, 0.2) is 33.9 Å². The molecular weight excluding hydrogens is 391 g/mol. The van der Waals surface area contributed by atoms with Crippen molar-refractivity contribution in [2.24, 2.45) is 0 Å². The second-order valence-electron chi connectivity index (χ2n) is 3.88. The lowest BCUT2D eigenvalue weighted by Gasteiger charge is -2.12. The zero-order chi connectivity index (χ0) is 15.6. The minimum atomic E-state index is -4.44. The number of anilines is 2. The maximum atomic E-state index is 12.8. The Morgan fingerprint density at radius 3 is 2.57 bits per heavy atom. The van der Waals surface area contributed by atoms with E-state index in [1.165, 1.54) is 30.0 Å². The van der Waals surface area contributed by atoms with Crippen molar-refractivity contribution < 1.29 is 13.2 Å². The van der Waals surface area contributed by atoms with Crippen molar-refractivity contribution in [2.45, 2.75) is 11.3 Å². The highest BCUT2D eigenvalue weighted by atomic mass is 79.9. The average molecular weight is 399 g/mol. The van der Waals surface area contributed by atoms with Crippen LogP contribution in [0.4, 0.5) is 24.7 Å². The number of hydrogen-bond acceptors (Lipinski definition) is 4. The van der Waals surface area contributed by atoms with Gasteiger partial charge in [-0.3, -0.25) is 0 Å². The van der Waals surface area contributed by atoms with Crippen molar-refractivity contribution in [2.75, 3.05) is 11.6 Å². The van der Waals surface area contributed by atoms with Crippen LogP contribution in [-0.4, -0.2) is 16.2 Å². The molecule has 0 aliphatic carbocycles. The zero-order valence-corrected chi connectivity index (χ0v) is 13.7. The molecule has 0 radical (unpaired) electrons. The molecule has 1 N–H and O–H groups in total. The van der Waals surface area contributed by atoms with E-state index in [4.69, 9.17) is 11.6 Å². The lowest BCUT2D eigenvalue weighted by molar-refractivity contribution is -0.138. The van der Waals surface area contributed by atoms with Crippen molar-refractivity contribution in [3.05, 3.63) is 39.5 Å². The second kappa shape index (κ2) is 6.41. The van der Waals surface area contributed by atoms with Crippen LogP contribution in [0.3, 0.4) is 0 Å². The van der Waals surface area contributed by atoms with Gasteiger partial charge in [0.1, 0.15) is 11.0 Å². The minimum absolute atomic E-state index is 0.0222. The number of alkyl halides is 3. The Labute approximate surface area is 136 Å². The van der Waals surface area contributed by atoms with E-state index in [1.807, 2.05) is 0 Å². The van der Waals surface area contributed by atoms with Gasteiger partial charge >= 0.3 is 6.18 Å². The molecule has 0 spiro atoms. The molecular formula is C12H8BrClF3N3S. The van der Waals surface area contributed by atoms with E-state index in [-0.39, 0.29) is 15.3 Å². The monoisotopic (exact) mass is 397 g/mol. The van der Waals surface area contributed by atoms with Gasteiger partial charge in [-0.2, -0.15) is 13.2 Å². The number of thioether (sulfide) groups is 1. The summed E-state index contributed by atoms with van der Waals surface area (Å²) in [6, 6.07) is 5.27. The molecule has 1 aromatic carbocycles. The molecule has 21 heavy (non-hydrogen) atoms. The molecule has 112 valence electrons. The first-order valence-corrected chi connectivity index (χ1v) is 7.91. The zero-order valence-electron chi connectivity index (χ0n) is 10.5. The highest BCUT2D eigenvalue weighted by Gasteiger charge is 2.33. The van der Waals surface area contributed by atoms with Gasteiger partial charge in [-0.05, 0) is 24.5 Å². The molecule has 0 amide bonds. The molecule has 0 saturated heterocycles. The number of nitrogens with one attached hydrogen (secondary N) is 1. The summed E-state index contributed by atoms with van der Waals surface area (Å²) in [6.45, 7) is 0. The lowest BCUT2D eigenvalue weighted by atomic mass is 10.2. The number of benzene rings is 1. The summed E-state index contributed by atoms with van der Waals surface area (Å²) in [5, 5.41) is 3.43. The first-order valence-electron chi connectivity index (χ1n) is 5.52. The van der Waals surface area contributed by atoms with E-state index in [9.17, 15) is 13.2 Å². The Morgan fingerprint density at radius 1 is 1.24 bits per heavy atom. The van der Waals surface area contributed by atoms with Crippen LogP contribution in [0, 0.1) is 0 Å². The predicted octanol–water partition coefficient (Wildman–Crippen LogP) is 5.38. The van der Waals surface area contributed by atoms with E-state index >= 15 is 0 Å². The molecule has 0 aliphatic rings. The topological polar surface area (TPSA) is 37.8 Å². The van der Waals surface area contributed by atoms with Gasteiger partial charge in [-0.1, -0.05) is 39.3 Å². The molecule has 0 aliphatic heterocycles. The summed E-state index contributed by atoms with van der Waals surface area (Å²) in [4.78, 5) is 8.08. The summed E-state index contributed by atoms with van der Waals surface area (Å²) in [6.07, 6.45) is -2.67. The molecule has 2 aromatic rings. The molecule has 1 heterocycles. The number of halogens is 5. The molecule has 2 rings (SSSR count). The third-order valence-corrected chi connectivity index (χ3v) is 3.83. The highest BCUT2D eigenvalue weighted by molar-refractivity contribution is 9.10. The van der Waals surface area contributed by atoms with E-state index < -0.39 is 11.7 Å². The van der Waals surface area contributed by atoms with Crippen LogP contribution >= 0.6 is 39.3 Å². The molecule has 0 unspecified atom stereocenters. The summed E-state index contributed by atoms with van der Waals surface area (Å²) >= 11 is 10.0. The Morgan fingerprint density at radius 2 is 1.95 bits per heavy atom. The fourth-order valence-electron chi connectivity index (χ4n) is 1.52. The fraction of sp³-hybridized carbons (Fsp3) is 0.167. The first kappa shape index (κ1) is 16.4. The minimum Gasteiger partial charge on any atom is -0.340 e. The normalized spacial score (nSPS) is 11.5. The number of nitrogens with zero attached hydrogens (tertiary/aromatic N) is 2. The number of rotatable bonds is 3. The average Bonchev–Trinajstić information content (AvgIpc) is 2.39. The molecule has 0 atom stereocenters. The Bertz CT molecular complexity index is 667. The Balaban J connectivity index is 2.34. The molecule has 3 nitrogen and oxygen atoms in total. The summed E-state index contributed by atoms with van der Waals surface area (Å²) in [5.74, 6) is 0.329. The van der Waals surface area contributed by atoms with Crippen molar-refractivity contribution in [1.82, 2.24) is 9.97 Å². The lowest BCUT2D eigenvalue weighted by Crippen LogP contribution is -2.07. The quantitative estimate of drug-likeness (QED) is 0.428. The van der Waals surface area contributed by atoms with Gasteiger partial charge in [-0.25, -0.2) is 9.97 Å². The molecule has 0 bridgehead atoms. The fourth-order valence-corrected chi connectivity index (χ4v) is 2.60. The molecule has 0 saturated carbocycles. The van der Waals surface area contributed by atoms with E-state index in [2.05, 4.69) is 31.2 Å². The summed E-state index contributed by atoms with van der Waals surface area (Å²) < 4.78 is 38.5. The molecule has 0 fully saturated rings. The van der Waals surface area contributed by atoms with Crippen LogP contribution in [0.5, 0.6) is 0 Å². The third-order valence-electron chi connectivity index (χ3n) is 2.40. The first-order chi connectivity index (χ1) is 9.79. The van der Waals surface area contributed by atoms with Gasteiger partial charge in [0.25, 0.3) is 0 Å². The second-order valence-corrected chi connectivity index (χ2v) is 5.89. The van der Waals surface area contributed by atoms with E-state index in [0.717, 1.165) is 6.07 Å². The van der Waals surface area contributed by atoms with Gasteiger partial charge in [0, 0.05) is 16.2 Å². The maximum absolute atomic E-state index is 12.8. The molecule has 1 aromatic heterocycles. The van der Waals surface area contributed by atoms with Crippen molar-refractivity contribution in [3.63, 3.8) is 0 Å². The third kappa shape index (κ3) is 4.24. The van der Waals surface area contributed by atoms with Gasteiger partial charge in [0.05, 0.1) is 5.56 Å². The van der Waals surface area contributed by atoms with Crippen LogP contribution in [-0.2, 0) is 6.18 Å². The SMILES string of the molecule is CSc1nc(Cl)cc(Nc2ccc(Br)c(C(F)(F)F)c2)n1. The van der Waals surface area contributed by atoms with Crippen LogP contribution < -0.4 is 5.32 Å². The standard InChI is InChI=1S/C12H8BrClF3N3S/c1-21-11-19-9(14)5-10(20-11)18-6-2-3-8(13)7(4-6)12(15,16)17/h2-5H,1H3,(H,18,19,20). The van der Waals surface area contributed by atoms with Crippen molar-refractivity contribution in [1.29, 1.82) is 0 Å². The number of hydrogen-bond donors (Lipinski definition) is 1.